The number of nitrogens with one attached hydrogen (secondary N) is 1. The Hall–Kier alpha value is -4.37. The molecule has 6 rings (SSSR count). The molecular weight excluding hydrogens is 676 g/mol. The second kappa shape index (κ2) is 16.3. The molecule has 14 heteroatoms. The molecule has 5 atom stereocenters. The van der Waals surface area contributed by atoms with Gasteiger partial charge in [0, 0.05) is 53.0 Å². The number of benzene rings is 3. The summed E-state index contributed by atoms with van der Waals surface area (Å²) in [6.45, 7) is 11.4. The van der Waals surface area contributed by atoms with Crippen molar-refractivity contribution in [1.29, 1.82) is 0 Å². The maximum Gasteiger partial charge on any atom is 0.252 e. The Bertz CT molecular complexity index is 2000. The molecule has 0 spiro atoms. The van der Waals surface area contributed by atoms with Crippen LogP contribution < -0.4 is 32.6 Å². The lowest BCUT2D eigenvalue weighted by molar-refractivity contribution is -0.254. The number of hydrogen-bond donors (Lipinski definition) is 5. The van der Waals surface area contributed by atoms with E-state index in [1.54, 1.807) is 6.07 Å². The minimum absolute atomic E-state index is 0. The molecule has 3 aromatic rings. The lowest BCUT2D eigenvalue weighted by atomic mass is 9.90. The average molecular weight is 721 g/mol. The van der Waals surface area contributed by atoms with Crippen molar-refractivity contribution in [1.82, 2.24) is 24.9 Å². The Labute approximate surface area is 302 Å². The molecule has 3 heterocycles. The number of aliphatic hydroxyl groups excluding tert-OH is 4. The number of fused-ring (bicyclic) bond motifs is 2. The fourth-order valence-electron chi connectivity index (χ4n) is 6.71. The molecular formula is C37H45ClN6O7. The number of amides is 1. The highest BCUT2D eigenvalue weighted by molar-refractivity contribution is 6.09. The van der Waals surface area contributed by atoms with E-state index in [4.69, 9.17) is 9.15 Å². The summed E-state index contributed by atoms with van der Waals surface area (Å²) in [5.74, 6) is 0.387. The van der Waals surface area contributed by atoms with Crippen molar-refractivity contribution in [3.8, 4) is 22.5 Å². The first-order chi connectivity index (χ1) is 24.2. The first-order valence-electron chi connectivity index (χ1n) is 17.1. The highest BCUT2D eigenvalue weighted by Gasteiger charge is 2.44. The van der Waals surface area contributed by atoms with E-state index >= 15 is 0 Å². The van der Waals surface area contributed by atoms with Gasteiger partial charge in [-0.25, -0.2) is 9.26 Å². The summed E-state index contributed by atoms with van der Waals surface area (Å²) in [7, 11) is 0. The molecule has 2 aromatic carbocycles. The number of carbonyl (C=O) groups excluding carboxylic acids is 1. The minimum Gasteiger partial charge on any atom is -1.00 e. The van der Waals surface area contributed by atoms with Crippen LogP contribution in [-0.2, 0) is 11.3 Å². The van der Waals surface area contributed by atoms with Crippen molar-refractivity contribution in [3.05, 3.63) is 83.5 Å². The van der Waals surface area contributed by atoms with Gasteiger partial charge < -0.3 is 52.2 Å². The van der Waals surface area contributed by atoms with Crippen LogP contribution in [0.1, 0.15) is 50.0 Å². The average Bonchev–Trinajstić information content (AvgIpc) is 3.61. The summed E-state index contributed by atoms with van der Waals surface area (Å²) >= 11 is 0. The number of ether oxygens (including phenoxy) is 1. The van der Waals surface area contributed by atoms with Gasteiger partial charge in [0.2, 0.25) is 5.36 Å². The van der Waals surface area contributed by atoms with Crippen LogP contribution in [0.4, 0.5) is 5.69 Å². The van der Waals surface area contributed by atoms with Crippen LogP contribution in [0.3, 0.4) is 0 Å². The smallest absolute Gasteiger partial charge is 0.252 e. The van der Waals surface area contributed by atoms with Crippen molar-refractivity contribution in [2.75, 3.05) is 37.7 Å². The number of rotatable bonds is 11. The molecule has 2 aliphatic heterocycles. The number of carbonyl (C=O) groups is 1. The van der Waals surface area contributed by atoms with Gasteiger partial charge in [0.1, 0.15) is 54.5 Å². The van der Waals surface area contributed by atoms with E-state index in [-0.39, 0.29) is 24.9 Å². The number of anilines is 1. The van der Waals surface area contributed by atoms with Gasteiger partial charge in [-0.1, -0.05) is 23.4 Å². The van der Waals surface area contributed by atoms with Gasteiger partial charge >= 0.3 is 0 Å². The fourth-order valence-corrected chi connectivity index (χ4v) is 6.71. The zero-order chi connectivity index (χ0) is 35.5. The highest BCUT2D eigenvalue weighted by atomic mass is 35.5. The Morgan fingerprint density at radius 3 is 2.39 bits per heavy atom. The number of nitrogens with zero attached hydrogens (tertiary/aromatic N) is 5. The van der Waals surface area contributed by atoms with E-state index in [0.29, 0.717) is 22.6 Å². The van der Waals surface area contributed by atoms with Gasteiger partial charge in [-0.15, -0.1) is 5.10 Å². The summed E-state index contributed by atoms with van der Waals surface area (Å²) in [5, 5.41) is 53.3. The monoisotopic (exact) mass is 720 g/mol. The predicted molar refractivity (Wildman–Crippen MR) is 188 cm³/mol. The van der Waals surface area contributed by atoms with Gasteiger partial charge in [-0.2, -0.15) is 0 Å². The molecule has 5 N–H and O–H groups in total. The highest BCUT2D eigenvalue weighted by Crippen LogP contribution is 2.42. The minimum atomic E-state index is -1.56. The lowest BCUT2D eigenvalue weighted by Gasteiger charge is -2.39. The van der Waals surface area contributed by atoms with Crippen LogP contribution in [0.25, 0.3) is 33.4 Å². The Balaban J connectivity index is 0.00000504. The van der Waals surface area contributed by atoms with Crippen LogP contribution >= 0.6 is 0 Å². The summed E-state index contributed by atoms with van der Waals surface area (Å²) in [5.41, 5.74) is 5.11. The largest absolute Gasteiger partial charge is 1.00 e. The van der Waals surface area contributed by atoms with Gasteiger partial charge in [-0.3, -0.25) is 4.79 Å². The molecule has 0 radical (unpaired) electrons. The van der Waals surface area contributed by atoms with Gasteiger partial charge in [0.25, 0.3) is 5.91 Å². The predicted octanol–water partition coefficient (Wildman–Crippen LogP) is -0.639. The van der Waals surface area contributed by atoms with Crippen molar-refractivity contribution < 1.29 is 46.8 Å². The molecule has 0 bridgehead atoms. The first-order valence-corrected chi connectivity index (χ1v) is 17.1. The summed E-state index contributed by atoms with van der Waals surface area (Å²) in [4.78, 5) is 16.2. The second-order valence-corrected chi connectivity index (χ2v) is 12.3. The Morgan fingerprint density at radius 1 is 0.941 bits per heavy atom. The van der Waals surface area contributed by atoms with Crippen LogP contribution in [0.5, 0.6) is 0 Å². The van der Waals surface area contributed by atoms with Crippen LogP contribution in [-0.4, -0.2) is 98.5 Å². The molecule has 1 fully saturated rings. The molecule has 1 aliphatic carbocycles. The van der Waals surface area contributed by atoms with Crippen molar-refractivity contribution in [3.63, 3.8) is 0 Å². The van der Waals surface area contributed by atoms with Gasteiger partial charge in [0.05, 0.1) is 25.4 Å². The lowest BCUT2D eigenvalue weighted by Crippen LogP contribution is -3.00. The number of aliphatic hydroxyl groups is 4. The normalized spacial score (nSPS) is 20.3. The van der Waals surface area contributed by atoms with E-state index in [0.717, 1.165) is 59.3 Å². The SMILES string of the molecule is CCN(CC)c1ccc2c(-c3ccccc3C(=O)NCc3cn(C4O[C@H](CO)[C@@H](O)[C@H](O)[C@H]4O)nn3)c3ccc(=[N+](CC)CC)cc-3oc2c1.[Cl-]. The van der Waals surface area contributed by atoms with Gasteiger partial charge in [-0.05, 0) is 57.5 Å². The summed E-state index contributed by atoms with van der Waals surface area (Å²) in [6, 6.07) is 19.9. The van der Waals surface area contributed by atoms with E-state index in [9.17, 15) is 25.2 Å². The van der Waals surface area contributed by atoms with E-state index in [1.807, 2.05) is 18.2 Å². The molecule has 1 unspecified atom stereocenters. The molecule has 1 saturated heterocycles. The summed E-state index contributed by atoms with van der Waals surface area (Å²) < 4.78 is 15.7. The standard InChI is InChI=1S/C37H44N6O7.ClH/c1-5-41(6-2)23-13-15-27-29(17-23)49-30-18-24(42(7-3)8-4)14-16-28(30)32(27)25-11-9-10-12-26(25)36(48)38-19-22-20-43(40-39-22)37-35(47)34(46)33(45)31(21-44)50-37;/h9-18,20,31,33-35,37,44-47H,5-8,19,21H2,1-4H3;1H/t31-,33-,34+,35-,37?;/m1./s1. The number of aromatic nitrogens is 3. The van der Waals surface area contributed by atoms with Crippen molar-refractivity contribution in [2.45, 2.75) is 64.9 Å². The molecule has 272 valence electrons. The van der Waals surface area contributed by atoms with Crippen LogP contribution in [0.15, 0.2) is 71.3 Å². The molecule has 13 nitrogen and oxygen atoms in total. The fraction of sp³-hybridized carbons (Fsp3) is 0.405. The molecule has 51 heavy (non-hydrogen) atoms. The summed E-state index contributed by atoms with van der Waals surface area (Å²) in [6.07, 6.45) is -5.38. The Kier molecular flexibility index (Phi) is 12.1. The third-order valence-corrected chi connectivity index (χ3v) is 9.50. The molecule has 3 aliphatic rings. The van der Waals surface area contributed by atoms with E-state index < -0.39 is 37.3 Å². The number of halogens is 1. The van der Waals surface area contributed by atoms with Gasteiger partial charge in [0.15, 0.2) is 6.23 Å². The molecule has 0 saturated carbocycles. The van der Waals surface area contributed by atoms with Crippen LogP contribution in [0.2, 0.25) is 0 Å². The van der Waals surface area contributed by atoms with Crippen molar-refractivity contribution in [2.24, 2.45) is 0 Å². The zero-order valence-electron chi connectivity index (χ0n) is 29.1. The topological polar surface area (TPSA) is 169 Å². The molecule has 1 aromatic heterocycles. The van der Waals surface area contributed by atoms with Crippen LogP contribution in [0, 0.1) is 0 Å². The maximum atomic E-state index is 13.9. The second-order valence-electron chi connectivity index (χ2n) is 12.3. The molecule has 1 amide bonds. The Morgan fingerprint density at radius 2 is 1.69 bits per heavy atom. The quantitative estimate of drug-likeness (QED) is 0.0875. The third kappa shape index (κ3) is 7.36. The van der Waals surface area contributed by atoms with E-state index in [2.05, 4.69) is 89.2 Å². The van der Waals surface area contributed by atoms with E-state index in [1.165, 1.54) is 10.9 Å². The maximum absolute atomic E-state index is 13.9. The van der Waals surface area contributed by atoms with Crippen molar-refractivity contribution >= 4 is 22.6 Å². The first kappa shape index (κ1) is 37.9. The third-order valence-electron chi connectivity index (χ3n) is 9.50. The number of hydrogen-bond acceptors (Lipinski definition) is 10. The zero-order valence-corrected chi connectivity index (χ0v) is 29.9.